The lowest BCUT2D eigenvalue weighted by molar-refractivity contribution is -0.119. The van der Waals surface area contributed by atoms with E-state index in [4.69, 9.17) is 10.00 Å². The van der Waals surface area contributed by atoms with E-state index in [0.717, 1.165) is 6.54 Å². The number of ether oxygens (including phenoxy) is 1. The number of carbonyl (C=O) groups excluding carboxylic acids is 1. The second-order valence-corrected chi connectivity index (χ2v) is 4.63. The molecule has 0 saturated heterocycles. The van der Waals surface area contributed by atoms with Gasteiger partial charge < -0.3 is 15.4 Å². The molecule has 1 aliphatic carbocycles. The highest BCUT2D eigenvalue weighted by molar-refractivity contribution is 5.81. The van der Waals surface area contributed by atoms with Crippen LogP contribution in [-0.4, -0.2) is 26.1 Å². The van der Waals surface area contributed by atoms with Gasteiger partial charge in [-0.2, -0.15) is 5.26 Å². The maximum atomic E-state index is 11.6. The van der Waals surface area contributed by atoms with E-state index in [2.05, 4.69) is 10.6 Å². The molecule has 0 aliphatic heterocycles. The molecule has 1 aromatic rings. The molecule has 0 bridgehead atoms. The molecule has 2 rings (SSSR count). The highest BCUT2D eigenvalue weighted by Crippen LogP contribution is 2.27. The molecule has 0 unspecified atom stereocenters. The van der Waals surface area contributed by atoms with Crippen LogP contribution in [0.4, 0.5) is 5.69 Å². The van der Waals surface area contributed by atoms with Gasteiger partial charge in [-0.1, -0.05) is 0 Å². The monoisotopic (exact) mass is 259 g/mol. The van der Waals surface area contributed by atoms with Gasteiger partial charge in [-0.05, 0) is 30.9 Å². The molecule has 1 aromatic carbocycles. The van der Waals surface area contributed by atoms with Crippen molar-refractivity contribution in [1.29, 1.82) is 5.26 Å². The number of benzene rings is 1. The maximum absolute atomic E-state index is 11.6. The van der Waals surface area contributed by atoms with Crippen molar-refractivity contribution >= 4 is 11.6 Å². The lowest BCUT2D eigenvalue weighted by Gasteiger charge is -2.11. The number of amides is 1. The zero-order valence-electron chi connectivity index (χ0n) is 10.9. The molecular formula is C14H17N3O2. The van der Waals surface area contributed by atoms with Crippen LogP contribution in [0.15, 0.2) is 18.2 Å². The van der Waals surface area contributed by atoms with Gasteiger partial charge in [0, 0.05) is 12.6 Å². The lowest BCUT2D eigenvalue weighted by atomic mass is 10.2. The summed E-state index contributed by atoms with van der Waals surface area (Å²) in [5, 5.41) is 14.7. The molecule has 1 saturated carbocycles. The minimum atomic E-state index is -0.0293. The van der Waals surface area contributed by atoms with E-state index < -0.39 is 0 Å². The van der Waals surface area contributed by atoms with Gasteiger partial charge in [-0.15, -0.1) is 0 Å². The molecule has 5 heteroatoms. The van der Waals surface area contributed by atoms with Crippen LogP contribution in [0.5, 0.6) is 5.75 Å². The van der Waals surface area contributed by atoms with Gasteiger partial charge in [0.05, 0.1) is 31.0 Å². The molecule has 1 amide bonds. The van der Waals surface area contributed by atoms with Gasteiger partial charge >= 0.3 is 0 Å². The Bertz CT molecular complexity index is 504. The van der Waals surface area contributed by atoms with Crippen molar-refractivity contribution in [3.63, 3.8) is 0 Å². The summed E-state index contributed by atoms with van der Waals surface area (Å²) in [6.45, 7) is 0.972. The lowest BCUT2D eigenvalue weighted by Crippen LogP contribution is -2.31. The molecule has 0 heterocycles. The third-order valence-electron chi connectivity index (χ3n) is 3.05. The highest BCUT2D eigenvalue weighted by atomic mass is 16.5. The third-order valence-corrected chi connectivity index (χ3v) is 3.05. The molecule has 2 N–H and O–H groups in total. The Kier molecular flexibility index (Phi) is 4.24. The third kappa shape index (κ3) is 3.88. The number of hydrogen-bond acceptors (Lipinski definition) is 4. The van der Waals surface area contributed by atoms with Crippen LogP contribution in [0.1, 0.15) is 18.4 Å². The van der Waals surface area contributed by atoms with Gasteiger partial charge in [0.15, 0.2) is 0 Å². The molecular weight excluding hydrogens is 242 g/mol. The zero-order valence-corrected chi connectivity index (χ0v) is 10.9. The predicted octanol–water partition coefficient (Wildman–Crippen LogP) is 1.50. The first-order valence-electron chi connectivity index (χ1n) is 6.31. The molecule has 0 radical (unpaired) electrons. The van der Waals surface area contributed by atoms with Gasteiger partial charge in [0.25, 0.3) is 0 Å². The van der Waals surface area contributed by atoms with E-state index in [0.29, 0.717) is 22.9 Å². The Balaban J connectivity index is 1.87. The Morgan fingerprint density at radius 3 is 2.95 bits per heavy atom. The summed E-state index contributed by atoms with van der Waals surface area (Å²) in [5.74, 6) is 1.21. The molecule has 5 nitrogen and oxygen atoms in total. The molecule has 0 aromatic heterocycles. The van der Waals surface area contributed by atoms with E-state index in [9.17, 15) is 4.79 Å². The first kappa shape index (κ1) is 13.2. The standard InChI is InChI=1S/C14H17N3O2/c1-19-13-6-11(7-15)4-5-12(13)16-9-14(18)17-8-10-2-3-10/h4-6,10,16H,2-3,8-9H2,1H3,(H,17,18). The van der Waals surface area contributed by atoms with Crippen molar-refractivity contribution in [2.75, 3.05) is 25.5 Å². The predicted molar refractivity (Wildman–Crippen MR) is 71.9 cm³/mol. The van der Waals surface area contributed by atoms with Crippen LogP contribution in [0.2, 0.25) is 0 Å². The average Bonchev–Trinajstić information content (AvgIpc) is 3.26. The highest BCUT2D eigenvalue weighted by Gasteiger charge is 2.21. The fraction of sp³-hybridized carbons (Fsp3) is 0.429. The van der Waals surface area contributed by atoms with E-state index >= 15 is 0 Å². The SMILES string of the molecule is COc1cc(C#N)ccc1NCC(=O)NCC1CC1. The van der Waals surface area contributed by atoms with Crippen LogP contribution in [0.25, 0.3) is 0 Å². The number of hydrogen-bond donors (Lipinski definition) is 2. The number of nitriles is 1. The van der Waals surface area contributed by atoms with Gasteiger partial charge in [0.2, 0.25) is 5.91 Å². The molecule has 1 fully saturated rings. The normalized spacial score (nSPS) is 13.5. The summed E-state index contributed by atoms with van der Waals surface area (Å²) in [6.07, 6.45) is 2.44. The van der Waals surface area contributed by atoms with Crippen molar-refractivity contribution < 1.29 is 9.53 Å². The van der Waals surface area contributed by atoms with Crippen LogP contribution in [0.3, 0.4) is 0 Å². The number of nitrogens with one attached hydrogen (secondary N) is 2. The molecule has 0 spiro atoms. The second-order valence-electron chi connectivity index (χ2n) is 4.63. The summed E-state index contributed by atoms with van der Waals surface area (Å²) < 4.78 is 5.18. The first-order chi connectivity index (χ1) is 9.22. The quantitative estimate of drug-likeness (QED) is 0.812. The largest absolute Gasteiger partial charge is 0.495 e. The molecule has 19 heavy (non-hydrogen) atoms. The molecule has 100 valence electrons. The minimum absolute atomic E-state index is 0.0293. The minimum Gasteiger partial charge on any atom is -0.495 e. The smallest absolute Gasteiger partial charge is 0.239 e. The zero-order chi connectivity index (χ0) is 13.7. The Morgan fingerprint density at radius 1 is 1.53 bits per heavy atom. The Labute approximate surface area is 112 Å². The molecule has 0 atom stereocenters. The number of rotatable bonds is 6. The fourth-order valence-corrected chi connectivity index (χ4v) is 1.72. The van der Waals surface area contributed by atoms with Crippen molar-refractivity contribution in [2.45, 2.75) is 12.8 Å². The van der Waals surface area contributed by atoms with Crippen molar-refractivity contribution in [3.05, 3.63) is 23.8 Å². The Hall–Kier alpha value is -2.22. The van der Waals surface area contributed by atoms with E-state index in [-0.39, 0.29) is 12.5 Å². The van der Waals surface area contributed by atoms with Gasteiger partial charge in [-0.3, -0.25) is 4.79 Å². The summed E-state index contributed by atoms with van der Waals surface area (Å²) in [7, 11) is 1.54. The average molecular weight is 259 g/mol. The van der Waals surface area contributed by atoms with E-state index in [1.54, 1.807) is 18.2 Å². The topological polar surface area (TPSA) is 74.1 Å². The van der Waals surface area contributed by atoms with Gasteiger partial charge in [0.1, 0.15) is 5.75 Å². The van der Waals surface area contributed by atoms with Crippen LogP contribution in [-0.2, 0) is 4.79 Å². The number of methoxy groups -OCH3 is 1. The number of anilines is 1. The number of carbonyl (C=O) groups is 1. The van der Waals surface area contributed by atoms with Crippen LogP contribution < -0.4 is 15.4 Å². The van der Waals surface area contributed by atoms with Crippen molar-refractivity contribution in [1.82, 2.24) is 5.32 Å². The van der Waals surface area contributed by atoms with Crippen LogP contribution >= 0.6 is 0 Å². The van der Waals surface area contributed by atoms with E-state index in [1.807, 2.05) is 6.07 Å². The summed E-state index contributed by atoms with van der Waals surface area (Å²) in [4.78, 5) is 11.6. The summed E-state index contributed by atoms with van der Waals surface area (Å²) >= 11 is 0. The van der Waals surface area contributed by atoms with Crippen molar-refractivity contribution in [2.24, 2.45) is 5.92 Å². The fourth-order valence-electron chi connectivity index (χ4n) is 1.72. The molecule has 1 aliphatic rings. The van der Waals surface area contributed by atoms with E-state index in [1.165, 1.54) is 20.0 Å². The van der Waals surface area contributed by atoms with Crippen LogP contribution in [0, 0.1) is 17.2 Å². The van der Waals surface area contributed by atoms with Gasteiger partial charge in [-0.25, -0.2) is 0 Å². The Morgan fingerprint density at radius 2 is 2.32 bits per heavy atom. The first-order valence-corrected chi connectivity index (χ1v) is 6.31. The number of nitrogens with zero attached hydrogens (tertiary/aromatic N) is 1. The van der Waals surface area contributed by atoms with Crippen molar-refractivity contribution in [3.8, 4) is 11.8 Å². The maximum Gasteiger partial charge on any atom is 0.239 e. The summed E-state index contributed by atoms with van der Waals surface area (Å²) in [6, 6.07) is 7.12. The summed E-state index contributed by atoms with van der Waals surface area (Å²) in [5.41, 5.74) is 1.24. The second kappa shape index (κ2) is 6.10.